The van der Waals surface area contributed by atoms with Crippen LogP contribution in [0, 0.1) is 0 Å². The zero-order valence-electron chi connectivity index (χ0n) is 17.3. The van der Waals surface area contributed by atoms with Gasteiger partial charge in [0.1, 0.15) is 5.69 Å². The molecule has 0 saturated carbocycles. The zero-order chi connectivity index (χ0) is 23.1. The molecule has 172 valence electrons. The highest BCUT2D eigenvalue weighted by Crippen LogP contribution is 2.30. The lowest BCUT2D eigenvalue weighted by Crippen LogP contribution is -2.37. The molecule has 0 aliphatic carbocycles. The van der Waals surface area contributed by atoms with Crippen LogP contribution in [0.1, 0.15) is 27.9 Å². The van der Waals surface area contributed by atoms with Gasteiger partial charge in [-0.25, -0.2) is 4.79 Å². The summed E-state index contributed by atoms with van der Waals surface area (Å²) in [5.74, 6) is -2.76. The summed E-state index contributed by atoms with van der Waals surface area (Å²) < 4.78 is 39.7. The largest absolute Gasteiger partial charge is 0.490 e. The topological polar surface area (TPSA) is 80.5 Å². The summed E-state index contributed by atoms with van der Waals surface area (Å²) in [6, 6.07) is 14.8. The molecule has 1 aromatic carbocycles. The molecule has 0 amide bonds. The molecule has 7 nitrogen and oxygen atoms in total. The van der Waals surface area contributed by atoms with Crippen LogP contribution in [0.3, 0.4) is 0 Å². The van der Waals surface area contributed by atoms with E-state index in [4.69, 9.17) is 14.6 Å². The fraction of sp³-hybridized carbons (Fsp3) is 0.381. The third-order valence-corrected chi connectivity index (χ3v) is 5.80. The third-order valence-electron chi connectivity index (χ3n) is 4.93. The number of fused-ring (bicyclic) bond motifs is 1. The SMILES string of the molecule is Cn1nnc2c1CCN(Cc1cccs1)C2COCc1ccccc1.O=C(O)C(F)(F)F. The van der Waals surface area contributed by atoms with Crippen LogP contribution in [0.2, 0.25) is 0 Å². The molecule has 3 heterocycles. The second-order valence-corrected chi connectivity index (χ2v) is 8.20. The standard InChI is InChI=1S/C19H22N4OS.C2HF3O2/c1-22-17-9-10-23(12-16-8-5-11-25-16)18(19(17)20-21-22)14-24-13-15-6-3-2-4-7-15;3-2(4,5)1(6)7/h2-8,11,18H,9-10,12-14H2,1H3;(H,6,7). The predicted molar refractivity (Wildman–Crippen MR) is 112 cm³/mol. The van der Waals surface area contributed by atoms with Crippen molar-refractivity contribution >= 4 is 17.3 Å². The number of thiophene rings is 1. The molecule has 1 aliphatic heterocycles. The van der Waals surface area contributed by atoms with E-state index in [9.17, 15) is 13.2 Å². The van der Waals surface area contributed by atoms with Crippen molar-refractivity contribution in [3.8, 4) is 0 Å². The lowest BCUT2D eigenvalue weighted by molar-refractivity contribution is -0.192. The van der Waals surface area contributed by atoms with Crippen LogP contribution in [-0.2, 0) is 36.2 Å². The number of alkyl halides is 3. The van der Waals surface area contributed by atoms with Gasteiger partial charge in [0.2, 0.25) is 0 Å². The molecule has 1 atom stereocenters. The number of ether oxygens (including phenoxy) is 1. The number of carboxylic acids is 1. The van der Waals surface area contributed by atoms with Crippen LogP contribution in [0.15, 0.2) is 47.8 Å². The predicted octanol–water partition coefficient (Wildman–Crippen LogP) is 3.83. The van der Waals surface area contributed by atoms with Gasteiger partial charge in [0.25, 0.3) is 0 Å². The number of carboxylic acid groups (broad SMARTS) is 1. The Balaban J connectivity index is 0.000000360. The van der Waals surface area contributed by atoms with Crippen molar-refractivity contribution in [2.75, 3.05) is 13.2 Å². The number of aromatic nitrogens is 3. The Kier molecular flexibility index (Phi) is 7.99. The molecule has 0 saturated heterocycles. The second kappa shape index (κ2) is 10.7. The van der Waals surface area contributed by atoms with Gasteiger partial charge in [-0.1, -0.05) is 41.6 Å². The molecule has 0 radical (unpaired) electrons. The van der Waals surface area contributed by atoms with E-state index in [1.165, 1.54) is 16.1 Å². The summed E-state index contributed by atoms with van der Waals surface area (Å²) in [6.07, 6.45) is -4.10. The monoisotopic (exact) mass is 468 g/mol. The van der Waals surface area contributed by atoms with E-state index in [1.54, 1.807) is 11.3 Å². The van der Waals surface area contributed by atoms with Crippen molar-refractivity contribution in [1.29, 1.82) is 0 Å². The van der Waals surface area contributed by atoms with Gasteiger partial charge in [0, 0.05) is 31.4 Å². The molecule has 1 N–H and O–H groups in total. The molecule has 2 aromatic heterocycles. The van der Waals surface area contributed by atoms with Crippen LogP contribution in [0.4, 0.5) is 13.2 Å². The van der Waals surface area contributed by atoms with Crippen LogP contribution in [-0.4, -0.2) is 50.3 Å². The molecule has 32 heavy (non-hydrogen) atoms. The minimum absolute atomic E-state index is 0.156. The summed E-state index contributed by atoms with van der Waals surface area (Å²) >= 11 is 1.80. The Hall–Kier alpha value is -2.76. The summed E-state index contributed by atoms with van der Waals surface area (Å²) in [4.78, 5) is 12.7. The maximum atomic E-state index is 10.6. The number of hydrogen-bond donors (Lipinski definition) is 1. The number of rotatable bonds is 6. The highest BCUT2D eigenvalue weighted by molar-refractivity contribution is 7.09. The molecule has 0 bridgehead atoms. The number of nitrogens with zero attached hydrogens (tertiary/aromatic N) is 4. The number of aliphatic carboxylic acids is 1. The van der Waals surface area contributed by atoms with E-state index in [-0.39, 0.29) is 6.04 Å². The van der Waals surface area contributed by atoms with E-state index in [2.05, 4.69) is 44.9 Å². The van der Waals surface area contributed by atoms with Crippen molar-refractivity contribution in [3.05, 3.63) is 69.7 Å². The Morgan fingerprint density at radius 1 is 1.25 bits per heavy atom. The summed E-state index contributed by atoms with van der Waals surface area (Å²) in [5.41, 5.74) is 3.50. The zero-order valence-corrected chi connectivity index (χ0v) is 18.1. The maximum absolute atomic E-state index is 10.6. The first-order chi connectivity index (χ1) is 15.3. The van der Waals surface area contributed by atoms with E-state index >= 15 is 0 Å². The molecule has 0 fully saturated rings. The first-order valence-corrected chi connectivity index (χ1v) is 10.7. The van der Waals surface area contributed by atoms with Crippen molar-refractivity contribution in [1.82, 2.24) is 19.9 Å². The first kappa shape index (κ1) is 23.9. The molecule has 11 heteroatoms. The molecular formula is C21H23F3N4O3S. The Bertz CT molecular complexity index is 994. The molecule has 0 spiro atoms. The van der Waals surface area contributed by atoms with Crippen LogP contribution >= 0.6 is 11.3 Å². The third kappa shape index (κ3) is 6.38. The van der Waals surface area contributed by atoms with E-state index in [0.717, 1.165) is 25.2 Å². The van der Waals surface area contributed by atoms with Crippen molar-refractivity contribution in [2.45, 2.75) is 31.8 Å². The fourth-order valence-corrected chi connectivity index (χ4v) is 4.09. The summed E-state index contributed by atoms with van der Waals surface area (Å²) in [5, 5.41) is 17.9. The molecule has 3 aromatic rings. The smallest absolute Gasteiger partial charge is 0.475 e. The van der Waals surface area contributed by atoms with E-state index in [0.29, 0.717) is 13.2 Å². The van der Waals surface area contributed by atoms with Gasteiger partial charge in [0.05, 0.1) is 24.9 Å². The van der Waals surface area contributed by atoms with Crippen LogP contribution in [0.5, 0.6) is 0 Å². The van der Waals surface area contributed by atoms with Crippen LogP contribution < -0.4 is 0 Å². The normalized spacial score (nSPS) is 16.2. The Morgan fingerprint density at radius 2 is 1.97 bits per heavy atom. The van der Waals surface area contributed by atoms with E-state index in [1.807, 2.05) is 29.9 Å². The highest BCUT2D eigenvalue weighted by atomic mass is 32.1. The first-order valence-electron chi connectivity index (χ1n) is 9.82. The van der Waals surface area contributed by atoms with Gasteiger partial charge in [0.15, 0.2) is 0 Å². The minimum atomic E-state index is -5.08. The quantitative estimate of drug-likeness (QED) is 0.592. The minimum Gasteiger partial charge on any atom is -0.475 e. The fourth-order valence-electron chi connectivity index (χ4n) is 3.36. The van der Waals surface area contributed by atoms with Gasteiger partial charge in [-0.3, -0.25) is 9.58 Å². The van der Waals surface area contributed by atoms with Crippen molar-refractivity contribution in [3.63, 3.8) is 0 Å². The second-order valence-electron chi connectivity index (χ2n) is 7.16. The Labute approximate surface area is 187 Å². The van der Waals surface area contributed by atoms with Gasteiger partial charge in [-0.05, 0) is 17.0 Å². The molecule has 4 rings (SSSR count). The molecular weight excluding hydrogens is 445 g/mol. The number of aryl methyl sites for hydroxylation is 1. The number of hydrogen-bond acceptors (Lipinski definition) is 6. The van der Waals surface area contributed by atoms with Gasteiger partial charge < -0.3 is 9.84 Å². The van der Waals surface area contributed by atoms with Gasteiger partial charge in [-0.15, -0.1) is 16.4 Å². The molecule has 1 aliphatic rings. The average molecular weight is 469 g/mol. The van der Waals surface area contributed by atoms with Gasteiger partial charge >= 0.3 is 12.1 Å². The van der Waals surface area contributed by atoms with Gasteiger partial charge in [-0.2, -0.15) is 13.2 Å². The van der Waals surface area contributed by atoms with Crippen molar-refractivity contribution < 1.29 is 27.8 Å². The number of halogens is 3. The maximum Gasteiger partial charge on any atom is 0.490 e. The number of benzene rings is 1. The highest BCUT2D eigenvalue weighted by Gasteiger charge is 2.38. The summed E-state index contributed by atoms with van der Waals surface area (Å²) in [6.45, 7) is 3.20. The number of carbonyl (C=O) groups is 1. The Morgan fingerprint density at radius 3 is 2.59 bits per heavy atom. The average Bonchev–Trinajstić information content (AvgIpc) is 3.40. The lowest BCUT2D eigenvalue weighted by atomic mass is 10.0. The van der Waals surface area contributed by atoms with Crippen LogP contribution in [0.25, 0.3) is 0 Å². The van der Waals surface area contributed by atoms with E-state index < -0.39 is 12.1 Å². The molecule has 1 unspecified atom stereocenters. The lowest BCUT2D eigenvalue weighted by Gasteiger charge is -2.34. The summed E-state index contributed by atoms with van der Waals surface area (Å²) in [7, 11) is 1.97. The van der Waals surface area contributed by atoms with Crippen molar-refractivity contribution in [2.24, 2.45) is 7.05 Å².